The van der Waals surface area contributed by atoms with Gasteiger partial charge in [-0.2, -0.15) is 0 Å². The van der Waals surface area contributed by atoms with Gasteiger partial charge in [-0.15, -0.1) is 0 Å². The van der Waals surface area contributed by atoms with Crippen molar-refractivity contribution in [3.05, 3.63) is 29.3 Å². The molecule has 0 radical (unpaired) electrons. The van der Waals surface area contributed by atoms with Gasteiger partial charge >= 0.3 is 0 Å². The third-order valence-corrected chi connectivity index (χ3v) is 3.76. The molecule has 1 aromatic rings. The molecule has 0 aliphatic carbocycles. The minimum absolute atomic E-state index is 0.266. The highest BCUT2D eigenvalue weighted by atomic mass is 16.3. The van der Waals surface area contributed by atoms with Crippen LogP contribution in [0.3, 0.4) is 0 Å². The predicted molar refractivity (Wildman–Crippen MR) is 70.0 cm³/mol. The first-order valence-corrected chi connectivity index (χ1v) is 6.37. The Hall–Kier alpha value is -1.06. The molecular weight excluding hydrogens is 212 g/mol. The maximum atomic E-state index is 9.94. The third-order valence-electron chi connectivity index (χ3n) is 3.76. The molecule has 3 N–H and O–H groups in total. The van der Waals surface area contributed by atoms with E-state index in [0.717, 1.165) is 31.5 Å². The monoisotopic (exact) mass is 234 g/mol. The van der Waals surface area contributed by atoms with Crippen molar-refractivity contribution in [1.29, 1.82) is 0 Å². The van der Waals surface area contributed by atoms with Crippen LogP contribution in [0.15, 0.2) is 18.2 Å². The van der Waals surface area contributed by atoms with Gasteiger partial charge in [0.1, 0.15) is 5.75 Å². The summed E-state index contributed by atoms with van der Waals surface area (Å²) >= 11 is 0. The van der Waals surface area contributed by atoms with E-state index in [9.17, 15) is 5.11 Å². The molecule has 1 heterocycles. The van der Waals surface area contributed by atoms with Gasteiger partial charge in [-0.05, 0) is 32.8 Å². The van der Waals surface area contributed by atoms with Crippen molar-refractivity contribution < 1.29 is 5.11 Å². The Bertz CT molecular complexity index is 384. The van der Waals surface area contributed by atoms with Gasteiger partial charge < -0.3 is 10.8 Å². The molecule has 94 valence electrons. The van der Waals surface area contributed by atoms with E-state index in [2.05, 4.69) is 24.8 Å². The van der Waals surface area contributed by atoms with Gasteiger partial charge in [0, 0.05) is 30.7 Å². The highest BCUT2D eigenvalue weighted by molar-refractivity contribution is 5.37. The van der Waals surface area contributed by atoms with Crippen molar-refractivity contribution >= 4 is 0 Å². The summed E-state index contributed by atoms with van der Waals surface area (Å²) in [7, 11) is 0. The molecule has 3 nitrogen and oxygen atoms in total. The van der Waals surface area contributed by atoms with Gasteiger partial charge in [-0.3, -0.25) is 4.90 Å². The van der Waals surface area contributed by atoms with Crippen LogP contribution in [0.5, 0.6) is 5.75 Å². The summed E-state index contributed by atoms with van der Waals surface area (Å²) in [4.78, 5) is 2.40. The van der Waals surface area contributed by atoms with E-state index in [0.29, 0.717) is 11.8 Å². The number of hydrogen-bond acceptors (Lipinski definition) is 3. The van der Waals surface area contributed by atoms with Crippen LogP contribution in [0, 0.1) is 6.92 Å². The molecule has 1 unspecified atom stereocenters. The number of likely N-dealkylation sites (tertiary alicyclic amines) is 1. The Kier molecular flexibility index (Phi) is 3.69. The molecule has 1 fully saturated rings. The number of benzene rings is 1. The van der Waals surface area contributed by atoms with Crippen molar-refractivity contribution in [2.75, 3.05) is 13.1 Å². The van der Waals surface area contributed by atoms with Crippen LogP contribution in [0.1, 0.15) is 36.9 Å². The Morgan fingerprint density at radius 3 is 2.65 bits per heavy atom. The Morgan fingerprint density at radius 2 is 2.00 bits per heavy atom. The van der Waals surface area contributed by atoms with E-state index in [1.165, 1.54) is 5.56 Å². The van der Waals surface area contributed by atoms with Crippen LogP contribution in [-0.2, 0) is 0 Å². The van der Waals surface area contributed by atoms with Crippen molar-refractivity contribution in [3.63, 3.8) is 0 Å². The summed E-state index contributed by atoms with van der Waals surface area (Å²) in [6, 6.07) is 6.43. The number of piperidine rings is 1. The number of aryl methyl sites for hydroxylation is 1. The quantitative estimate of drug-likeness (QED) is 0.824. The summed E-state index contributed by atoms with van der Waals surface area (Å²) in [5.74, 6) is 0.401. The molecule has 1 aliphatic rings. The van der Waals surface area contributed by atoms with Crippen molar-refractivity contribution in [1.82, 2.24) is 4.90 Å². The molecule has 0 bridgehead atoms. The minimum Gasteiger partial charge on any atom is -0.508 e. The number of phenols is 1. The number of hydrogen-bond donors (Lipinski definition) is 2. The van der Waals surface area contributed by atoms with Crippen LogP contribution in [-0.4, -0.2) is 29.1 Å². The first kappa shape index (κ1) is 12.4. The zero-order valence-electron chi connectivity index (χ0n) is 10.7. The lowest BCUT2D eigenvalue weighted by Gasteiger charge is -2.35. The number of aromatic hydroxyl groups is 1. The topological polar surface area (TPSA) is 49.5 Å². The second kappa shape index (κ2) is 5.07. The number of phenolic OH excluding ortho intramolecular Hbond substituents is 1. The number of nitrogens with zero attached hydrogens (tertiary/aromatic N) is 1. The summed E-state index contributed by atoms with van der Waals surface area (Å²) in [6.45, 7) is 6.26. The van der Waals surface area contributed by atoms with Crippen LogP contribution in [0.4, 0.5) is 0 Å². The van der Waals surface area contributed by atoms with Crippen LogP contribution in [0.25, 0.3) is 0 Å². The van der Waals surface area contributed by atoms with Crippen LogP contribution in [0.2, 0.25) is 0 Å². The average Bonchev–Trinajstić information content (AvgIpc) is 2.32. The predicted octanol–water partition coefficient (Wildman–Crippen LogP) is 2.18. The van der Waals surface area contributed by atoms with Gasteiger partial charge in [0.25, 0.3) is 0 Å². The fraction of sp³-hybridized carbons (Fsp3) is 0.571. The number of rotatable bonds is 2. The second-order valence-corrected chi connectivity index (χ2v) is 5.11. The minimum atomic E-state index is 0.266. The van der Waals surface area contributed by atoms with Gasteiger partial charge in [-0.1, -0.05) is 17.7 Å². The van der Waals surface area contributed by atoms with Gasteiger partial charge in [0.15, 0.2) is 0 Å². The summed E-state index contributed by atoms with van der Waals surface area (Å²) < 4.78 is 0. The molecule has 3 heteroatoms. The third kappa shape index (κ3) is 2.79. The zero-order valence-corrected chi connectivity index (χ0v) is 10.7. The molecule has 1 saturated heterocycles. The lowest BCUT2D eigenvalue weighted by atomic mass is 9.99. The SMILES string of the molecule is Cc1ccc(O)c(C(C)N2CCC(N)CC2)c1. The molecule has 1 aromatic carbocycles. The molecule has 0 aromatic heterocycles. The van der Waals surface area contributed by atoms with Gasteiger partial charge in [0.2, 0.25) is 0 Å². The zero-order chi connectivity index (χ0) is 12.4. The van der Waals surface area contributed by atoms with E-state index >= 15 is 0 Å². The van der Waals surface area contributed by atoms with Crippen LogP contribution < -0.4 is 5.73 Å². The largest absolute Gasteiger partial charge is 0.508 e. The maximum Gasteiger partial charge on any atom is 0.120 e. The highest BCUT2D eigenvalue weighted by Gasteiger charge is 2.23. The Balaban J connectivity index is 2.13. The standard InChI is InChI=1S/C14H22N2O/c1-10-3-4-14(17)13(9-10)11(2)16-7-5-12(15)6-8-16/h3-4,9,11-12,17H,5-8,15H2,1-2H3. The smallest absolute Gasteiger partial charge is 0.120 e. The fourth-order valence-electron chi connectivity index (χ4n) is 2.51. The van der Waals surface area contributed by atoms with Gasteiger partial charge in [0.05, 0.1) is 0 Å². The Labute approximate surface area is 103 Å². The van der Waals surface area contributed by atoms with Crippen molar-refractivity contribution in [2.24, 2.45) is 5.73 Å². The molecule has 0 amide bonds. The van der Waals surface area contributed by atoms with E-state index in [1.807, 2.05) is 6.07 Å². The summed E-state index contributed by atoms with van der Waals surface area (Å²) in [6.07, 6.45) is 2.10. The fourth-order valence-corrected chi connectivity index (χ4v) is 2.51. The van der Waals surface area contributed by atoms with E-state index in [-0.39, 0.29) is 6.04 Å². The van der Waals surface area contributed by atoms with Gasteiger partial charge in [-0.25, -0.2) is 0 Å². The molecule has 1 atom stereocenters. The average molecular weight is 234 g/mol. The first-order valence-electron chi connectivity index (χ1n) is 6.37. The Morgan fingerprint density at radius 1 is 1.35 bits per heavy atom. The second-order valence-electron chi connectivity index (χ2n) is 5.11. The van der Waals surface area contributed by atoms with E-state index < -0.39 is 0 Å². The normalized spacial score (nSPS) is 20.4. The highest BCUT2D eigenvalue weighted by Crippen LogP contribution is 2.30. The van der Waals surface area contributed by atoms with E-state index in [1.54, 1.807) is 6.07 Å². The summed E-state index contributed by atoms with van der Waals surface area (Å²) in [5.41, 5.74) is 8.13. The lowest BCUT2D eigenvalue weighted by Crippen LogP contribution is -2.40. The molecule has 0 spiro atoms. The number of nitrogens with two attached hydrogens (primary N) is 1. The summed E-state index contributed by atoms with van der Waals surface area (Å²) in [5, 5.41) is 9.94. The van der Waals surface area contributed by atoms with Crippen molar-refractivity contribution in [3.8, 4) is 5.75 Å². The maximum absolute atomic E-state index is 9.94. The van der Waals surface area contributed by atoms with E-state index in [4.69, 9.17) is 5.73 Å². The molecule has 1 aliphatic heterocycles. The van der Waals surface area contributed by atoms with Crippen molar-refractivity contribution in [2.45, 2.75) is 38.8 Å². The lowest BCUT2D eigenvalue weighted by molar-refractivity contribution is 0.161. The molecule has 0 saturated carbocycles. The molecule has 2 rings (SSSR count). The first-order chi connectivity index (χ1) is 8.08. The van der Waals surface area contributed by atoms with Crippen LogP contribution >= 0.6 is 0 Å². The molecule has 17 heavy (non-hydrogen) atoms. The molecular formula is C14H22N2O.